The van der Waals surface area contributed by atoms with Crippen LogP contribution in [-0.4, -0.2) is 12.0 Å². The molecule has 2 aromatic carbocycles. The molecule has 0 saturated heterocycles. The van der Waals surface area contributed by atoms with E-state index < -0.39 is 35.3 Å². The van der Waals surface area contributed by atoms with E-state index in [2.05, 4.69) is 5.32 Å². The van der Waals surface area contributed by atoms with Crippen LogP contribution in [0.4, 0.5) is 23.2 Å². The van der Waals surface area contributed by atoms with Gasteiger partial charge in [0, 0.05) is 5.02 Å². The van der Waals surface area contributed by atoms with E-state index in [4.69, 9.17) is 16.3 Å². The van der Waals surface area contributed by atoms with Crippen molar-refractivity contribution in [2.24, 2.45) is 0 Å². The second kappa shape index (κ2) is 7.74. The average Bonchev–Trinajstić information content (AvgIpc) is 2.55. The molecule has 0 spiro atoms. The van der Waals surface area contributed by atoms with Crippen molar-refractivity contribution in [3.63, 3.8) is 0 Å². The summed E-state index contributed by atoms with van der Waals surface area (Å²) < 4.78 is 57.5. The molecule has 3 nitrogen and oxygen atoms in total. The fourth-order valence-electron chi connectivity index (χ4n) is 2.07. The summed E-state index contributed by atoms with van der Waals surface area (Å²) >= 11 is 5.60. The van der Waals surface area contributed by atoms with Crippen LogP contribution in [0.25, 0.3) is 0 Å². The van der Waals surface area contributed by atoms with Crippen LogP contribution >= 0.6 is 11.6 Å². The average molecular weight is 376 g/mol. The lowest BCUT2D eigenvalue weighted by Crippen LogP contribution is -2.33. The minimum absolute atomic E-state index is 0.0973. The number of alkyl halides is 3. The number of rotatable bonds is 5. The lowest BCUT2D eigenvalue weighted by atomic mass is 10.1. The van der Waals surface area contributed by atoms with Gasteiger partial charge in [0.25, 0.3) is 5.91 Å². The molecule has 0 unspecified atom stereocenters. The van der Waals surface area contributed by atoms with E-state index in [1.54, 1.807) is 6.92 Å². The monoisotopic (exact) mass is 375 g/mol. The summed E-state index contributed by atoms with van der Waals surface area (Å²) in [7, 11) is 0. The fourth-order valence-corrected chi connectivity index (χ4v) is 2.25. The lowest BCUT2D eigenvalue weighted by molar-refractivity contribution is -0.137. The van der Waals surface area contributed by atoms with E-state index in [1.807, 2.05) is 0 Å². The molecule has 0 bridgehead atoms. The maximum absolute atomic E-state index is 13.1. The van der Waals surface area contributed by atoms with Gasteiger partial charge >= 0.3 is 6.18 Å². The maximum Gasteiger partial charge on any atom is 0.418 e. The SMILES string of the molecule is CC[C@@H](Oc1ccc(F)cc1)C(=O)Nc1ccc(Cl)cc1C(F)(F)F. The van der Waals surface area contributed by atoms with Crippen LogP contribution in [0, 0.1) is 5.82 Å². The Morgan fingerprint density at radius 3 is 2.40 bits per heavy atom. The Hall–Kier alpha value is -2.28. The second-order valence-electron chi connectivity index (χ2n) is 5.15. The molecule has 0 aliphatic rings. The Balaban J connectivity index is 2.18. The maximum atomic E-state index is 13.1. The largest absolute Gasteiger partial charge is 0.481 e. The van der Waals surface area contributed by atoms with Gasteiger partial charge in [-0.3, -0.25) is 4.79 Å². The topological polar surface area (TPSA) is 38.3 Å². The van der Waals surface area contributed by atoms with Crippen LogP contribution in [0.5, 0.6) is 5.75 Å². The molecule has 2 rings (SSSR count). The summed E-state index contributed by atoms with van der Waals surface area (Å²) in [5, 5.41) is 2.11. The molecule has 0 saturated carbocycles. The van der Waals surface area contributed by atoms with Crippen molar-refractivity contribution in [3.8, 4) is 5.75 Å². The molecule has 0 aliphatic carbocycles. The van der Waals surface area contributed by atoms with Crippen molar-refractivity contribution >= 4 is 23.2 Å². The van der Waals surface area contributed by atoms with Gasteiger partial charge in [-0.2, -0.15) is 13.2 Å². The van der Waals surface area contributed by atoms with E-state index in [0.29, 0.717) is 0 Å². The Kier molecular flexibility index (Phi) is 5.89. The first-order chi connectivity index (χ1) is 11.7. The Morgan fingerprint density at radius 1 is 1.20 bits per heavy atom. The summed E-state index contributed by atoms with van der Waals surface area (Å²) in [6, 6.07) is 8.02. The normalized spacial score (nSPS) is 12.6. The molecule has 8 heteroatoms. The number of hydrogen-bond donors (Lipinski definition) is 1. The molecule has 1 amide bonds. The molecule has 1 atom stereocenters. The highest BCUT2D eigenvalue weighted by Crippen LogP contribution is 2.36. The Bertz CT molecular complexity index is 747. The van der Waals surface area contributed by atoms with E-state index in [1.165, 1.54) is 18.2 Å². The zero-order valence-electron chi connectivity index (χ0n) is 13.0. The Labute approximate surface area is 146 Å². The van der Waals surface area contributed by atoms with Crippen molar-refractivity contribution in [1.82, 2.24) is 0 Å². The van der Waals surface area contributed by atoms with Crippen molar-refractivity contribution in [2.75, 3.05) is 5.32 Å². The molecule has 0 heterocycles. The van der Waals surface area contributed by atoms with E-state index >= 15 is 0 Å². The summed E-state index contributed by atoms with van der Waals surface area (Å²) in [6.07, 6.45) is -5.51. The number of benzene rings is 2. The molecule has 0 fully saturated rings. The summed E-state index contributed by atoms with van der Waals surface area (Å²) in [6.45, 7) is 1.64. The number of halogens is 5. The van der Waals surface area contributed by atoms with E-state index in [-0.39, 0.29) is 17.2 Å². The van der Waals surface area contributed by atoms with E-state index in [0.717, 1.165) is 24.3 Å². The molecule has 0 aromatic heterocycles. The van der Waals surface area contributed by atoms with Crippen LogP contribution in [0.3, 0.4) is 0 Å². The third-order valence-electron chi connectivity index (χ3n) is 3.30. The molecular weight excluding hydrogens is 362 g/mol. The fraction of sp³-hybridized carbons (Fsp3) is 0.235. The van der Waals surface area contributed by atoms with Gasteiger partial charge in [0.2, 0.25) is 0 Å². The number of carbonyl (C=O) groups excluding carboxylic acids is 1. The summed E-state index contributed by atoms with van der Waals surface area (Å²) in [5.41, 5.74) is -1.46. The first-order valence-electron chi connectivity index (χ1n) is 7.30. The van der Waals surface area contributed by atoms with Crippen molar-refractivity contribution in [2.45, 2.75) is 25.6 Å². The highest BCUT2D eigenvalue weighted by molar-refractivity contribution is 6.30. The number of carbonyl (C=O) groups is 1. The molecule has 1 N–H and O–H groups in total. The number of amides is 1. The molecule has 2 aromatic rings. The van der Waals surface area contributed by atoms with Gasteiger partial charge in [-0.1, -0.05) is 18.5 Å². The molecule has 134 valence electrons. The third-order valence-corrected chi connectivity index (χ3v) is 3.54. The molecule has 0 radical (unpaired) electrons. The zero-order chi connectivity index (χ0) is 18.6. The summed E-state index contributed by atoms with van der Waals surface area (Å²) in [5.74, 6) is -0.990. The van der Waals surface area contributed by atoms with Crippen LogP contribution < -0.4 is 10.1 Å². The number of hydrogen-bond acceptors (Lipinski definition) is 2. The Morgan fingerprint density at radius 2 is 1.84 bits per heavy atom. The van der Waals surface area contributed by atoms with Crippen molar-refractivity contribution in [1.29, 1.82) is 0 Å². The molecule has 0 aliphatic heterocycles. The minimum atomic E-state index is -4.67. The molecule has 25 heavy (non-hydrogen) atoms. The standard InChI is InChI=1S/C17H14ClF4NO2/c1-2-15(25-12-6-4-11(19)5-7-12)16(24)23-14-8-3-10(18)9-13(14)17(20,21)22/h3-9,15H,2H2,1H3,(H,23,24)/t15-/m1/s1. The van der Waals surface area contributed by atoms with Crippen LogP contribution in [0.1, 0.15) is 18.9 Å². The number of anilines is 1. The smallest absolute Gasteiger partial charge is 0.418 e. The van der Waals surface area contributed by atoms with Crippen molar-refractivity contribution < 1.29 is 27.1 Å². The first-order valence-corrected chi connectivity index (χ1v) is 7.68. The first kappa shape index (κ1) is 19.1. The number of ether oxygens (including phenoxy) is 1. The van der Waals surface area contributed by atoms with E-state index in [9.17, 15) is 22.4 Å². The minimum Gasteiger partial charge on any atom is -0.481 e. The van der Waals surface area contributed by atoms with Crippen LogP contribution in [0.2, 0.25) is 5.02 Å². The highest BCUT2D eigenvalue weighted by Gasteiger charge is 2.34. The predicted molar refractivity (Wildman–Crippen MR) is 86.2 cm³/mol. The highest BCUT2D eigenvalue weighted by atomic mass is 35.5. The summed E-state index contributed by atoms with van der Waals surface area (Å²) in [4.78, 5) is 12.3. The third kappa shape index (κ3) is 5.09. The van der Waals surface area contributed by atoms with Gasteiger partial charge in [0.15, 0.2) is 6.10 Å². The zero-order valence-corrected chi connectivity index (χ0v) is 13.8. The van der Waals surface area contributed by atoms with Gasteiger partial charge < -0.3 is 10.1 Å². The number of nitrogens with one attached hydrogen (secondary N) is 1. The molecular formula is C17H14ClF4NO2. The quantitative estimate of drug-likeness (QED) is 0.721. The van der Waals surface area contributed by atoms with Gasteiger partial charge in [-0.15, -0.1) is 0 Å². The van der Waals surface area contributed by atoms with Gasteiger partial charge in [-0.05, 0) is 48.9 Å². The van der Waals surface area contributed by atoms with Gasteiger partial charge in [0.1, 0.15) is 11.6 Å². The predicted octanol–water partition coefficient (Wildman–Crippen LogP) is 5.29. The van der Waals surface area contributed by atoms with Crippen molar-refractivity contribution in [3.05, 3.63) is 58.9 Å². The lowest BCUT2D eigenvalue weighted by Gasteiger charge is -2.19. The van der Waals surface area contributed by atoms with Crippen LogP contribution in [-0.2, 0) is 11.0 Å². The second-order valence-corrected chi connectivity index (χ2v) is 5.58. The van der Waals surface area contributed by atoms with Crippen LogP contribution in [0.15, 0.2) is 42.5 Å². The van der Waals surface area contributed by atoms with Gasteiger partial charge in [0.05, 0.1) is 11.3 Å². The van der Waals surface area contributed by atoms with Gasteiger partial charge in [-0.25, -0.2) is 4.39 Å².